The van der Waals surface area contributed by atoms with Gasteiger partial charge in [-0.25, -0.2) is 0 Å². The molecule has 0 saturated heterocycles. The first kappa shape index (κ1) is 16.6. The summed E-state index contributed by atoms with van der Waals surface area (Å²) in [6.45, 7) is 2.22. The molecule has 0 radical (unpaired) electrons. The van der Waals surface area contributed by atoms with Crippen LogP contribution < -0.4 is 4.74 Å². The number of carbonyl (C=O) groups excluding carboxylic acids is 1. The quantitative estimate of drug-likeness (QED) is 0.851. The van der Waals surface area contributed by atoms with Crippen LogP contribution in [0.1, 0.15) is 38.2 Å². The first-order valence-electron chi connectivity index (χ1n) is 7.59. The highest BCUT2D eigenvalue weighted by Gasteiger charge is 2.25. The van der Waals surface area contributed by atoms with Gasteiger partial charge in [0, 0.05) is 13.1 Å². The Hall–Kier alpha value is -1.73. The number of nitriles is 1. The van der Waals surface area contributed by atoms with Crippen molar-refractivity contribution in [3.05, 3.63) is 28.8 Å². The summed E-state index contributed by atoms with van der Waals surface area (Å²) < 4.78 is 5.50. The third-order valence-electron chi connectivity index (χ3n) is 4.34. The van der Waals surface area contributed by atoms with Gasteiger partial charge in [-0.3, -0.25) is 4.79 Å². The highest BCUT2D eigenvalue weighted by atomic mass is 35.5. The van der Waals surface area contributed by atoms with E-state index in [1.54, 1.807) is 17.0 Å². The van der Waals surface area contributed by atoms with E-state index in [4.69, 9.17) is 21.6 Å². The van der Waals surface area contributed by atoms with Gasteiger partial charge in [-0.05, 0) is 49.8 Å². The molecule has 0 bridgehead atoms. The van der Waals surface area contributed by atoms with Gasteiger partial charge in [0.1, 0.15) is 5.75 Å². The summed E-state index contributed by atoms with van der Waals surface area (Å²) in [5.74, 6) is 1.15. The molecule has 0 N–H and O–H groups in total. The second kappa shape index (κ2) is 7.51. The molecule has 0 unspecified atom stereocenters. The molecule has 1 fully saturated rings. The number of nitrogens with zero attached hydrogens (tertiary/aromatic N) is 2. The molecule has 2 rings (SSSR count). The van der Waals surface area contributed by atoms with Gasteiger partial charge in [-0.15, -0.1) is 0 Å². The molecule has 118 valence electrons. The fourth-order valence-electron chi connectivity index (χ4n) is 2.76. The number of likely N-dealkylation sites (N-methyl/N-ethyl adjacent to an activating group) is 1. The second-order valence-electron chi connectivity index (χ2n) is 5.96. The van der Waals surface area contributed by atoms with E-state index < -0.39 is 0 Å². The molecular weight excluding hydrogens is 300 g/mol. The van der Waals surface area contributed by atoms with Gasteiger partial charge in [0.15, 0.2) is 6.61 Å². The average molecular weight is 321 g/mol. The van der Waals surface area contributed by atoms with Gasteiger partial charge in [-0.2, -0.15) is 5.26 Å². The summed E-state index contributed by atoms with van der Waals surface area (Å²) in [7, 11) is 1.84. The highest BCUT2D eigenvalue weighted by Crippen LogP contribution is 2.27. The lowest BCUT2D eigenvalue weighted by atomic mass is 9.87. The third-order valence-corrected chi connectivity index (χ3v) is 4.63. The molecule has 22 heavy (non-hydrogen) atoms. The molecule has 5 heteroatoms. The van der Waals surface area contributed by atoms with Crippen molar-refractivity contribution in [2.75, 3.05) is 13.7 Å². The zero-order valence-corrected chi connectivity index (χ0v) is 13.8. The van der Waals surface area contributed by atoms with Crippen LogP contribution in [0, 0.1) is 17.2 Å². The Morgan fingerprint density at radius 2 is 2.09 bits per heavy atom. The number of hydrogen-bond acceptors (Lipinski definition) is 3. The number of ether oxygens (including phenoxy) is 1. The van der Waals surface area contributed by atoms with Gasteiger partial charge >= 0.3 is 0 Å². The Labute approximate surface area is 136 Å². The maximum Gasteiger partial charge on any atom is 0.260 e. The predicted molar refractivity (Wildman–Crippen MR) is 85.9 cm³/mol. The first-order valence-corrected chi connectivity index (χ1v) is 7.97. The number of rotatable bonds is 4. The van der Waals surface area contributed by atoms with Crippen LogP contribution in [-0.2, 0) is 4.79 Å². The topological polar surface area (TPSA) is 53.3 Å². The fraction of sp³-hybridized carbons (Fsp3) is 0.529. The van der Waals surface area contributed by atoms with Crippen LogP contribution >= 0.6 is 11.6 Å². The van der Waals surface area contributed by atoms with Gasteiger partial charge < -0.3 is 9.64 Å². The number of halogens is 1. The average Bonchev–Trinajstić information content (AvgIpc) is 2.53. The number of amides is 1. The molecule has 0 aliphatic heterocycles. The van der Waals surface area contributed by atoms with Crippen molar-refractivity contribution in [1.29, 1.82) is 5.26 Å². The van der Waals surface area contributed by atoms with E-state index >= 15 is 0 Å². The Balaban J connectivity index is 1.88. The second-order valence-corrected chi connectivity index (χ2v) is 6.37. The van der Waals surface area contributed by atoms with E-state index in [1.807, 2.05) is 13.1 Å². The van der Waals surface area contributed by atoms with Gasteiger partial charge in [-0.1, -0.05) is 18.5 Å². The molecule has 0 atom stereocenters. The van der Waals surface area contributed by atoms with E-state index in [9.17, 15) is 4.79 Å². The summed E-state index contributed by atoms with van der Waals surface area (Å²) in [5, 5.41) is 9.14. The summed E-state index contributed by atoms with van der Waals surface area (Å²) in [4.78, 5) is 14.0. The monoisotopic (exact) mass is 320 g/mol. The van der Waals surface area contributed by atoms with Crippen molar-refractivity contribution in [2.45, 2.75) is 38.6 Å². The van der Waals surface area contributed by atoms with E-state index in [1.165, 1.54) is 18.9 Å². The van der Waals surface area contributed by atoms with E-state index in [-0.39, 0.29) is 12.5 Å². The van der Waals surface area contributed by atoms with Crippen LogP contribution in [0.2, 0.25) is 5.02 Å². The molecule has 4 nitrogen and oxygen atoms in total. The standard InChI is InChI=1S/C17H21ClN2O2/c1-12-3-6-14(7-4-12)20(2)17(21)11-22-16-8-5-13(10-19)9-15(16)18/h5,8-9,12,14H,3-4,6-7,11H2,1-2H3. The van der Waals surface area contributed by atoms with E-state index in [0.29, 0.717) is 22.4 Å². The zero-order valence-electron chi connectivity index (χ0n) is 13.0. The van der Waals surface area contributed by atoms with Crippen LogP contribution in [0.4, 0.5) is 0 Å². The van der Waals surface area contributed by atoms with Crippen molar-refractivity contribution in [1.82, 2.24) is 4.90 Å². The number of carbonyl (C=O) groups is 1. The van der Waals surface area contributed by atoms with Crippen LogP contribution in [0.15, 0.2) is 18.2 Å². The minimum absolute atomic E-state index is 0.0336. The summed E-state index contributed by atoms with van der Waals surface area (Å²) in [6, 6.07) is 7.10. The largest absolute Gasteiger partial charge is 0.482 e. The SMILES string of the molecule is CC1CCC(N(C)C(=O)COc2ccc(C#N)cc2Cl)CC1. The van der Waals surface area contributed by atoms with Crippen LogP contribution in [0.5, 0.6) is 5.75 Å². The molecule has 1 amide bonds. The lowest BCUT2D eigenvalue weighted by Crippen LogP contribution is -2.41. The Bertz CT molecular complexity index is 575. The molecule has 1 aliphatic carbocycles. The summed E-state index contributed by atoms with van der Waals surface area (Å²) in [6.07, 6.45) is 4.46. The minimum atomic E-state index is -0.0417. The zero-order chi connectivity index (χ0) is 16.1. The molecule has 0 heterocycles. The predicted octanol–water partition coefficient (Wildman–Crippen LogP) is 3.63. The molecule has 1 aromatic rings. The Morgan fingerprint density at radius 1 is 1.41 bits per heavy atom. The maximum atomic E-state index is 12.2. The van der Waals surface area contributed by atoms with Crippen LogP contribution in [0.25, 0.3) is 0 Å². The molecule has 1 aromatic carbocycles. The van der Waals surface area contributed by atoms with Crippen LogP contribution in [-0.4, -0.2) is 30.5 Å². The third kappa shape index (κ3) is 4.14. The van der Waals surface area contributed by atoms with Crippen molar-refractivity contribution in [3.8, 4) is 11.8 Å². The van der Waals surface area contributed by atoms with E-state index in [0.717, 1.165) is 18.8 Å². The Morgan fingerprint density at radius 3 is 2.68 bits per heavy atom. The summed E-state index contributed by atoms with van der Waals surface area (Å²) in [5.41, 5.74) is 0.470. The molecule has 0 aromatic heterocycles. The van der Waals surface area contributed by atoms with Crippen molar-refractivity contribution >= 4 is 17.5 Å². The highest BCUT2D eigenvalue weighted by molar-refractivity contribution is 6.32. The van der Waals surface area contributed by atoms with Gasteiger partial charge in [0.05, 0.1) is 16.7 Å². The van der Waals surface area contributed by atoms with Crippen molar-refractivity contribution < 1.29 is 9.53 Å². The minimum Gasteiger partial charge on any atom is -0.482 e. The van der Waals surface area contributed by atoms with Crippen molar-refractivity contribution in [3.63, 3.8) is 0 Å². The summed E-state index contributed by atoms with van der Waals surface area (Å²) >= 11 is 6.03. The maximum absolute atomic E-state index is 12.2. The van der Waals surface area contributed by atoms with Crippen LogP contribution in [0.3, 0.4) is 0 Å². The lowest BCUT2D eigenvalue weighted by molar-refractivity contribution is -0.134. The number of benzene rings is 1. The van der Waals surface area contributed by atoms with E-state index in [2.05, 4.69) is 6.92 Å². The van der Waals surface area contributed by atoms with Gasteiger partial charge in [0.2, 0.25) is 0 Å². The van der Waals surface area contributed by atoms with Gasteiger partial charge in [0.25, 0.3) is 5.91 Å². The first-order chi connectivity index (χ1) is 10.5. The van der Waals surface area contributed by atoms with Crippen molar-refractivity contribution in [2.24, 2.45) is 5.92 Å². The number of hydrogen-bond donors (Lipinski definition) is 0. The molecule has 1 aliphatic rings. The molecule has 1 saturated carbocycles. The molecule has 0 spiro atoms. The fourth-order valence-corrected chi connectivity index (χ4v) is 3.00. The normalized spacial score (nSPS) is 21.0. The smallest absolute Gasteiger partial charge is 0.260 e. The molecular formula is C17H21ClN2O2. The Kier molecular flexibility index (Phi) is 5.68. The lowest BCUT2D eigenvalue weighted by Gasteiger charge is -2.33.